The van der Waals surface area contributed by atoms with Crippen LogP contribution in [0.3, 0.4) is 0 Å². The van der Waals surface area contributed by atoms with Crippen molar-refractivity contribution in [2.45, 2.75) is 13.1 Å². The lowest BCUT2D eigenvalue weighted by molar-refractivity contribution is 0.319. The molecule has 0 aliphatic rings. The van der Waals surface area contributed by atoms with Crippen LogP contribution in [-0.4, -0.2) is 16.9 Å². The molecule has 2 rings (SSSR count). The summed E-state index contributed by atoms with van der Waals surface area (Å²) in [6, 6.07) is 11.7. The Morgan fingerprint density at radius 2 is 1.89 bits per heavy atom. The van der Waals surface area contributed by atoms with Crippen LogP contribution in [-0.2, 0) is 13.1 Å². The van der Waals surface area contributed by atoms with Crippen molar-refractivity contribution in [1.82, 2.24) is 9.88 Å². The third-order valence-corrected chi connectivity index (χ3v) is 3.22. The second-order valence-corrected chi connectivity index (χ2v) is 5.04. The summed E-state index contributed by atoms with van der Waals surface area (Å²) in [6.45, 7) is 1.62. The van der Waals surface area contributed by atoms with E-state index in [1.54, 1.807) is 6.20 Å². The van der Waals surface area contributed by atoms with Gasteiger partial charge in [-0.15, -0.1) is 0 Å². The summed E-state index contributed by atoms with van der Waals surface area (Å²) in [6.07, 6.45) is 1.72. The van der Waals surface area contributed by atoms with E-state index in [0.717, 1.165) is 29.2 Å². The molecule has 94 valence electrons. The Morgan fingerprint density at radius 1 is 1.11 bits per heavy atom. The standard InChI is InChI=1S/C14H14Cl2N2/c1-18(9-11-6-7-17-14(16)8-11)10-12-4-2-3-5-13(12)15/h2-8H,9-10H2,1H3. The van der Waals surface area contributed by atoms with Crippen molar-refractivity contribution in [3.63, 3.8) is 0 Å². The molecule has 4 heteroatoms. The molecule has 0 aliphatic carbocycles. The van der Waals surface area contributed by atoms with Gasteiger partial charge in [-0.3, -0.25) is 4.90 Å². The predicted octanol–water partition coefficient (Wildman–Crippen LogP) is 4.02. The lowest BCUT2D eigenvalue weighted by Crippen LogP contribution is -2.17. The fourth-order valence-corrected chi connectivity index (χ4v) is 2.22. The van der Waals surface area contributed by atoms with Gasteiger partial charge in [-0.25, -0.2) is 4.98 Å². The average molecular weight is 281 g/mol. The van der Waals surface area contributed by atoms with E-state index in [-0.39, 0.29) is 0 Å². The molecule has 0 N–H and O–H groups in total. The fourth-order valence-electron chi connectivity index (χ4n) is 1.83. The van der Waals surface area contributed by atoms with Crippen molar-refractivity contribution < 1.29 is 0 Å². The minimum Gasteiger partial charge on any atom is -0.298 e. The van der Waals surface area contributed by atoms with E-state index in [9.17, 15) is 0 Å². The minimum atomic E-state index is 0.527. The van der Waals surface area contributed by atoms with E-state index >= 15 is 0 Å². The molecule has 2 nitrogen and oxygen atoms in total. The first-order chi connectivity index (χ1) is 8.65. The highest BCUT2D eigenvalue weighted by molar-refractivity contribution is 6.31. The molecule has 1 aromatic carbocycles. The van der Waals surface area contributed by atoms with Crippen LogP contribution in [0, 0.1) is 0 Å². The number of hydrogen-bond donors (Lipinski definition) is 0. The number of rotatable bonds is 4. The van der Waals surface area contributed by atoms with Crippen LogP contribution in [0.5, 0.6) is 0 Å². The normalized spacial score (nSPS) is 10.9. The van der Waals surface area contributed by atoms with Crippen LogP contribution in [0.15, 0.2) is 42.6 Å². The van der Waals surface area contributed by atoms with Gasteiger partial charge in [0.2, 0.25) is 0 Å². The van der Waals surface area contributed by atoms with Crippen LogP contribution < -0.4 is 0 Å². The Morgan fingerprint density at radius 3 is 2.61 bits per heavy atom. The van der Waals surface area contributed by atoms with Crippen LogP contribution in [0.1, 0.15) is 11.1 Å². The van der Waals surface area contributed by atoms with E-state index in [0.29, 0.717) is 5.15 Å². The Bertz CT molecular complexity index is 529. The summed E-state index contributed by atoms with van der Waals surface area (Å²) >= 11 is 12.0. The molecule has 0 saturated carbocycles. The van der Waals surface area contributed by atoms with Gasteiger partial charge in [-0.1, -0.05) is 41.4 Å². The topological polar surface area (TPSA) is 16.1 Å². The molecule has 0 radical (unpaired) electrons. The SMILES string of the molecule is CN(Cc1ccnc(Cl)c1)Cc1ccccc1Cl. The second-order valence-electron chi connectivity index (χ2n) is 4.25. The summed E-state index contributed by atoms with van der Waals surface area (Å²) in [7, 11) is 2.05. The Hall–Kier alpha value is -1.09. The largest absolute Gasteiger partial charge is 0.298 e. The fraction of sp³-hybridized carbons (Fsp3) is 0.214. The summed E-state index contributed by atoms with van der Waals surface area (Å²) in [5, 5.41) is 1.33. The molecule has 0 aliphatic heterocycles. The van der Waals surface area contributed by atoms with Gasteiger partial charge in [-0.2, -0.15) is 0 Å². The predicted molar refractivity (Wildman–Crippen MR) is 75.9 cm³/mol. The van der Waals surface area contributed by atoms with Gasteiger partial charge in [-0.05, 0) is 36.4 Å². The molecule has 0 unspecified atom stereocenters. The van der Waals surface area contributed by atoms with Gasteiger partial charge in [0.05, 0.1) is 0 Å². The molecule has 0 spiro atoms. The van der Waals surface area contributed by atoms with E-state index < -0.39 is 0 Å². The molecule has 0 bridgehead atoms. The van der Waals surface area contributed by atoms with E-state index in [4.69, 9.17) is 23.2 Å². The highest BCUT2D eigenvalue weighted by Crippen LogP contribution is 2.17. The van der Waals surface area contributed by atoms with Gasteiger partial charge in [0.25, 0.3) is 0 Å². The molecular formula is C14H14Cl2N2. The smallest absolute Gasteiger partial charge is 0.129 e. The summed E-state index contributed by atoms with van der Waals surface area (Å²) < 4.78 is 0. The first-order valence-corrected chi connectivity index (χ1v) is 6.43. The van der Waals surface area contributed by atoms with Crippen molar-refractivity contribution in [3.05, 3.63) is 63.9 Å². The molecule has 0 saturated heterocycles. The maximum Gasteiger partial charge on any atom is 0.129 e. The number of nitrogens with zero attached hydrogens (tertiary/aromatic N) is 2. The Labute approximate surface area is 117 Å². The maximum absolute atomic E-state index is 6.14. The summed E-state index contributed by atoms with van der Waals surface area (Å²) in [5.41, 5.74) is 2.27. The molecule has 1 heterocycles. The quantitative estimate of drug-likeness (QED) is 0.787. The van der Waals surface area contributed by atoms with Gasteiger partial charge >= 0.3 is 0 Å². The maximum atomic E-state index is 6.14. The van der Waals surface area contributed by atoms with Gasteiger partial charge in [0.15, 0.2) is 0 Å². The zero-order valence-corrected chi connectivity index (χ0v) is 11.6. The molecule has 18 heavy (non-hydrogen) atoms. The van der Waals surface area contributed by atoms with Gasteiger partial charge in [0.1, 0.15) is 5.15 Å². The van der Waals surface area contributed by atoms with E-state index in [1.165, 1.54) is 0 Å². The highest BCUT2D eigenvalue weighted by Gasteiger charge is 2.05. The monoisotopic (exact) mass is 280 g/mol. The van der Waals surface area contributed by atoms with Crippen LogP contribution >= 0.6 is 23.2 Å². The van der Waals surface area contributed by atoms with E-state index in [2.05, 4.69) is 16.9 Å². The third-order valence-electron chi connectivity index (χ3n) is 2.64. The minimum absolute atomic E-state index is 0.527. The van der Waals surface area contributed by atoms with E-state index in [1.807, 2.05) is 36.4 Å². The van der Waals surface area contributed by atoms with Crippen LogP contribution in [0.4, 0.5) is 0 Å². The Kier molecular flexibility index (Phi) is 4.59. The molecule has 2 aromatic rings. The van der Waals surface area contributed by atoms with Crippen molar-refractivity contribution >= 4 is 23.2 Å². The number of halogens is 2. The first-order valence-electron chi connectivity index (χ1n) is 5.67. The van der Waals surface area contributed by atoms with Crippen LogP contribution in [0.2, 0.25) is 10.2 Å². The lowest BCUT2D eigenvalue weighted by atomic mass is 10.2. The zero-order valence-electron chi connectivity index (χ0n) is 10.1. The lowest BCUT2D eigenvalue weighted by Gasteiger charge is -2.17. The molecule has 1 aromatic heterocycles. The number of pyridine rings is 1. The third kappa shape index (κ3) is 3.70. The Balaban J connectivity index is 2.01. The number of aromatic nitrogens is 1. The van der Waals surface area contributed by atoms with Crippen LogP contribution in [0.25, 0.3) is 0 Å². The van der Waals surface area contributed by atoms with Crippen molar-refractivity contribution in [3.8, 4) is 0 Å². The molecular weight excluding hydrogens is 267 g/mol. The van der Waals surface area contributed by atoms with Crippen molar-refractivity contribution in [1.29, 1.82) is 0 Å². The van der Waals surface area contributed by atoms with Crippen molar-refractivity contribution in [2.75, 3.05) is 7.05 Å². The van der Waals surface area contributed by atoms with Gasteiger partial charge in [0, 0.05) is 24.3 Å². The number of benzene rings is 1. The zero-order chi connectivity index (χ0) is 13.0. The summed E-state index contributed by atoms with van der Waals surface area (Å²) in [5.74, 6) is 0. The average Bonchev–Trinajstić information content (AvgIpc) is 2.32. The molecule has 0 fully saturated rings. The molecule has 0 amide bonds. The highest BCUT2D eigenvalue weighted by atomic mass is 35.5. The number of hydrogen-bond acceptors (Lipinski definition) is 2. The van der Waals surface area contributed by atoms with Gasteiger partial charge < -0.3 is 0 Å². The molecule has 0 atom stereocenters. The summed E-state index contributed by atoms with van der Waals surface area (Å²) in [4.78, 5) is 6.16. The second kappa shape index (κ2) is 6.19. The van der Waals surface area contributed by atoms with Crippen molar-refractivity contribution in [2.24, 2.45) is 0 Å². The first kappa shape index (κ1) is 13.3.